The summed E-state index contributed by atoms with van der Waals surface area (Å²) in [7, 11) is 0. The van der Waals surface area contributed by atoms with Gasteiger partial charge >= 0.3 is 0 Å². The van der Waals surface area contributed by atoms with Crippen LogP contribution in [0.3, 0.4) is 0 Å². The van der Waals surface area contributed by atoms with Gasteiger partial charge in [-0.2, -0.15) is 0 Å². The van der Waals surface area contributed by atoms with Crippen LogP contribution in [0.2, 0.25) is 0 Å². The van der Waals surface area contributed by atoms with Crippen LogP contribution < -0.4 is 0 Å². The first kappa shape index (κ1) is 36.0. The second-order valence-electron chi connectivity index (χ2n) is 17.4. The second kappa shape index (κ2) is 13.7. The fourth-order valence-corrected chi connectivity index (χ4v) is 11.4. The minimum Gasteiger partial charge on any atom is -0.208 e. The lowest BCUT2D eigenvalue weighted by Crippen LogP contribution is -2.26. The molecule has 0 bridgehead atoms. The van der Waals surface area contributed by atoms with Gasteiger partial charge in [-0.05, 0) is 100 Å². The van der Waals surface area contributed by atoms with Crippen molar-refractivity contribution in [3.63, 3.8) is 0 Å². The van der Waals surface area contributed by atoms with Gasteiger partial charge in [-0.3, -0.25) is 0 Å². The molecule has 0 saturated carbocycles. The van der Waals surface area contributed by atoms with Crippen LogP contribution in [-0.2, 0) is 5.41 Å². The third kappa shape index (κ3) is 5.09. The molecule has 0 amide bonds. The van der Waals surface area contributed by atoms with Gasteiger partial charge in [0.1, 0.15) is 0 Å². The number of aromatic nitrogens is 3. The molecule has 0 saturated heterocycles. The van der Waals surface area contributed by atoms with Gasteiger partial charge in [0.25, 0.3) is 0 Å². The number of rotatable bonds is 5. The SMILES string of the molecule is c1ccc(-c2ccc(-c3nc(-c4ccc(-c5ccccc5)cc4)nc(-c4c5c(cc6c4-c4ccccc4C64c6ccccc6-c6ccccc64)-c4cccc6cccc-5c46)n3)cc2)cc1. The first-order valence-corrected chi connectivity index (χ1v) is 22.4. The zero-order valence-electron chi connectivity index (χ0n) is 35.2. The maximum Gasteiger partial charge on any atom is 0.165 e. The summed E-state index contributed by atoms with van der Waals surface area (Å²) in [5.74, 6) is 1.93. The quantitative estimate of drug-likeness (QED) is 0.174. The van der Waals surface area contributed by atoms with Gasteiger partial charge in [-0.1, -0.05) is 218 Å². The summed E-state index contributed by atoms with van der Waals surface area (Å²) in [4.78, 5) is 16.5. The van der Waals surface area contributed by atoms with Crippen LogP contribution >= 0.6 is 0 Å². The molecule has 3 nitrogen and oxygen atoms in total. The standard InChI is InChI=1S/C62H37N3/c1-3-15-38(16-4-1)40-29-33-43(34-30-40)59-63-60(44-35-31-41(32-36-44)39-17-5-2-6-18-39)65-61(64-59)58-56-49-25-14-20-42-19-13-24-47(55(42)49)50(56)37-54-57(58)48-23-9-12-28-53(48)62(54)51-26-10-7-21-45(51)46-22-8-11-27-52(46)62/h1-37H. The third-order valence-corrected chi connectivity index (χ3v) is 14.1. The summed E-state index contributed by atoms with van der Waals surface area (Å²) in [6.07, 6.45) is 0. The summed E-state index contributed by atoms with van der Waals surface area (Å²) >= 11 is 0. The summed E-state index contributed by atoms with van der Waals surface area (Å²) in [5, 5.41) is 2.50. The van der Waals surface area contributed by atoms with E-state index in [2.05, 4.69) is 224 Å². The Morgan fingerprint density at radius 3 is 1.22 bits per heavy atom. The van der Waals surface area contributed by atoms with Crippen molar-refractivity contribution < 1.29 is 0 Å². The normalized spacial score (nSPS) is 13.0. The Bertz CT molecular complexity index is 3590. The van der Waals surface area contributed by atoms with E-state index in [1.165, 1.54) is 88.7 Å². The van der Waals surface area contributed by atoms with Crippen LogP contribution in [0.4, 0.5) is 0 Å². The number of nitrogens with zero attached hydrogens (tertiary/aromatic N) is 3. The number of hydrogen-bond acceptors (Lipinski definition) is 3. The van der Waals surface area contributed by atoms with Crippen molar-refractivity contribution in [1.29, 1.82) is 0 Å². The molecule has 0 fully saturated rings. The van der Waals surface area contributed by atoms with E-state index in [9.17, 15) is 0 Å². The summed E-state index contributed by atoms with van der Waals surface area (Å²) in [6, 6.07) is 81.4. The van der Waals surface area contributed by atoms with E-state index in [0.29, 0.717) is 17.5 Å². The fraction of sp³-hybridized carbons (Fsp3) is 0.0161. The van der Waals surface area contributed by atoms with Crippen LogP contribution in [0.25, 0.3) is 112 Å². The number of benzene rings is 10. The van der Waals surface area contributed by atoms with E-state index in [1.54, 1.807) is 0 Å². The smallest absolute Gasteiger partial charge is 0.165 e. The van der Waals surface area contributed by atoms with Crippen molar-refractivity contribution in [3.05, 3.63) is 247 Å². The minimum atomic E-state index is -0.551. The Kier molecular flexibility index (Phi) is 7.61. The highest BCUT2D eigenvalue weighted by Gasteiger charge is 2.53. The van der Waals surface area contributed by atoms with Crippen molar-refractivity contribution in [3.8, 4) is 101 Å². The average Bonchev–Trinajstić information content (AvgIpc) is 3.99. The van der Waals surface area contributed by atoms with Crippen molar-refractivity contribution in [1.82, 2.24) is 15.0 Å². The lowest BCUT2D eigenvalue weighted by Gasteiger charge is -2.31. The number of fused-ring (bicyclic) bond motifs is 13. The van der Waals surface area contributed by atoms with Crippen molar-refractivity contribution in [2.75, 3.05) is 0 Å². The Balaban J connectivity index is 1.09. The van der Waals surface area contributed by atoms with Gasteiger partial charge in [-0.15, -0.1) is 0 Å². The first-order chi connectivity index (χ1) is 32.2. The maximum atomic E-state index is 5.60. The van der Waals surface area contributed by atoms with Crippen molar-refractivity contribution in [2.24, 2.45) is 0 Å². The Hall–Kier alpha value is -8.53. The zero-order valence-corrected chi connectivity index (χ0v) is 35.2. The molecule has 3 aliphatic rings. The lowest BCUT2D eigenvalue weighted by molar-refractivity contribution is 0.794. The molecule has 1 heterocycles. The van der Waals surface area contributed by atoms with Crippen molar-refractivity contribution >= 4 is 10.8 Å². The maximum absolute atomic E-state index is 5.60. The Labute approximate surface area is 377 Å². The van der Waals surface area contributed by atoms with E-state index in [-0.39, 0.29) is 0 Å². The Morgan fingerprint density at radius 1 is 0.246 bits per heavy atom. The molecule has 1 spiro atoms. The van der Waals surface area contributed by atoms with Crippen molar-refractivity contribution in [2.45, 2.75) is 5.41 Å². The number of hydrogen-bond donors (Lipinski definition) is 0. The largest absolute Gasteiger partial charge is 0.208 e. The zero-order chi connectivity index (χ0) is 42.6. The molecule has 10 aromatic carbocycles. The first-order valence-electron chi connectivity index (χ1n) is 22.4. The Morgan fingerprint density at radius 2 is 0.662 bits per heavy atom. The topological polar surface area (TPSA) is 38.7 Å². The molecule has 3 heteroatoms. The molecule has 11 aromatic rings. The van der Waals surface area contributed by atoms with E-state index in [0.717, 1.165) is 27.8 Å². The van der Waals surface area contributed by atoms with E-state index in [4.69, 9.17) is 15.0 Å². The highest BCUT2D eigenvalue weighted by Crippen LogP contribution is 2.67. The van der Waals surface area contributed by atoms with E-state index in [1.807, 2.05) is 0 Å². The third-order valence-electron chi connectivity index (χ3n) is 14.1. The van der Waals surface area contributed by atoms with Gasteiger partial charge in [-0.25, -0.2) is 15.0 Å². The molecule has 65 heavy (non-hydrogen) atoms. The highest BCUT2D eigenvalue weighted by molar-refractivity contribution is 6.21. The highest BCUT2D eigenvalue weighted by atomic mass is 15.0. The monoisotopic (exact) mass is 823 g/mol. The lowest BCUT2D eigenvalue weighted by atomic mass is 9.70. The van der Waals surface area contributed by atoms with Gasteiger partial charge in [0.05, 0.1) is 5.41 Å². The molecule has 14 rings (SSSR count). The van der Waals surface area contributed by atoms with Gasteiger partial charge < -0.3 is 0 Å². The van der Waals surface area contributed by atoms with Crippen LogP contribution in [0.15, 0.2) is 224 Å². The molecular formula is C62H37N3. The average molecular weight is 824 g/mol. The molecular weight excluding hydrogens is 787 g/mol. The van der Waals surface area contributed by atoms with Gasteiger partial charge in [0.2, 0.25) is 0 Å². The second-order valence-corrected chi connectivity index (χ2v) is 17.4. The summed E-state index contributed by atoms with van der Waals surface area (Å²) in [5.41, 5.74) is 21.9. The predicted octanol–water partition coefficient (Wildman–Crippen LogP) is 15.4. The fourth-order valence-electron chi connectivity index (χ4n) is 11.4. The van der Waals surface area contributed by atoms with Crippen LogP contribution in [0.1, 0.15) is 22.3 Å². The molecule has 3 aliphatic carbocycles. The molecule has 0 aliphatic heterocycles. The minimum absolute atomic E-state index is 0.551. The van der Waals surface area contributed by atoms with E-state index >= 15 is 0 Å². The predicted molar refractivity (Wildman–Crippen MR) is 265 cm³/mol. The summed E-state index contributed by atoms with van der Waals surface area (Å²) in [6.45, 7) is 0. The van der Waals surface area contributed by atoms with E-state index < -0.39 is 5.41 Å². The summed E-state index contributed by atoms with van der Waals surface area (Å²) < 4.78 is 0. The van der Waals surface area contributed by atoms with Gasteiger partial charge in [0, 0.05) is 22.3 Å². The van der Waals surface area contributed by atoms with Gasteiger partial charge in [0.15, 0.2) is 17.5 Å². The van der Waals surface area contributed by atoms with Crippen LogP contribution in [-0.4, -0.2) is 15.0 Å². The molecule has 0 radical (unpaired) electrons. The molecule has 0 N–H and O–H groups in total. The van der Waals surface area contributed by atoms with Crippen LogP contribution in [0, 0.1) is 0 Å². The molecule has 0 unspecified atom stereocenters. The molecule has 0 atom stereocenters. The molecule has 1 aromatic heterocycles. The molecule has 300 valence electrons. The van der Waals surface area contributed by atoms with Crippen LogP contribution in [0.5, 0.6) is 0 Å².